The molecular weight excluding hydrogens is 611 g/mol. The van der Waals surface area contributed by atoms with E-state index in [1.807, 2.05) is 20.8 Å². The Hall–Kier alpha value is -3.93. The van der Waals surface area contributed by atoms with Crippen LogP contribution in [0.15, 0.2) is 37.1 Å². The number of aromatic nitrogens is 5. The Morgan fingerprint density at radius 1 is 1.08 bits per heavy atom. The zero-order chi connectivity index (χ0) is 34.3. The molecule has 48 heavy (non-hydrogen) atoms. The zero-order valence-electron chi connectivity index (χ0n) is 29.3. The average Bonchev–Trinajstić information content (AvgIpc) is 3.74. The van der Waals surface area contributed by atoms with Gasteiger partial charge in [-0.2, -0.15) is 0 Å². The number of rotatable bonds is 11. The molecule has 1 aliphatic carbocycles. The van der Waals surface area contributed by atoms with Crippen molar-refractivity contribution in [3.63, 3.8) is 0 Å². The summed E-state index contributed by atoms with van der Waals surface area (Å²) in [6, 6.07) is 4.88. The lowest BCUT2D eigenvalue weighted by Crippen LogP contribution is -2.62. The van der Waals surface area contributed by atoms with Crippen LogP contribution >= 0.6 is 0 Å². The number of benzene rings is 1. The highest BCUT2D eigenvalue weighted by Gasteiger charge is 2.50. The molecule has 3 aliphatic rings. The Balaban J connectivity index is 1.11. The molecule has 3 fully saturated rings. The van der Waals surface area contributed by atoms with Gasteiger partial charge in [-0.15, -0.1) is 10.2 Å². The quantitative estimate of drug-likeness (QED) is 0.236. The summed E-state index contributed by atoms with van der Waals surface area (Å²) in [4.78, 5) is 30.6. The van der Waals surface area contributed by atoms with Crippen LogP contribution in [0.5, 0.6) is 11.6 Å². The van der Waals surface area contributed by atoms with Crippen LogP contribution in [0.4, 0.5) is 15.0 Å². The Morgan fingerprint density at radius 2 is 1.85 bits per heavy atom. The molecule has 2 aromatic heterocycles. The summed E-state index contributed by atoms with van der Waals surface area (Å²) in [5.41, 5.74) is 1.52. The van der Waals surface area contributed by atoms with Crippen LogP contribution < -0.4 is 15.0 Å². The molecule has 0 radical (unpaired) electrons. The van der Waals surface area contributed by atoms with Gasteiger partial charge in [0.15, 0.2) is 5.82 Å². The maximum Gasteiger partial charge on any atom is 0.408 e. The monoisotopic (exact) mass is 660 g/mol. The van der Waals surface area contributed by atoms with Crippen molar-refractivity contribution in [1.82, 2.24) is 35.4 Å². The van der Waals surface area contributed by atoms with E-state index in [1.165, 1.54) is 18.5 Å². The molecule has 1 aromatic carbocycles. The minimum absolute atomic E-state index is 0.154. The minimum Gasteiger partial charge on any atom is -0.444 e. The van der Waals surface area contributed by atoms with Crippen LogP contribution in [0.1, 0.15) is 92.2 Å². The Morgan fingerprint density at radius 3 is 2.56 bits per heavy atom. The number of nitrogens with one attached hydrogen (secondary N) is 1. The third kappa shape index (κ3) is 7.85. The fourth-order valence-electron chi connectivity index (χ4n) is 7.19. The van der Waals surface area contributed by atoms with Crippen molar-refractivity contribution in [3.8, 4) is 22.8 Å². The van der Waals surface area contributed by atoms with E-state index in [-0.39, 0.29) is 22.9 Å². The molecule has 258 valence electrons. The smallest absolute Gasteiger partial charge is 0.408 e. The SMILES string of the molecule is CC(C)[C@H](CCC(C)(C)NC(=O)OC(C)(C)C)N1CC2(CCN(c3ncnnc3Oc3ccc(F)cc3-c3cncnc3C3CC3)C2)C1. The first-order valence-electron chi connectivity index (χ1n) is 17.2. The maximum absolute atomic E-state index is 14.6. The van der Waals surface area contributed by atoms with Gasteiger partial charge in [0.25, 0.3) is 5.88 Å². The number of hydrogen-bond acceptors (Lipinski definition) is 10. The summed E-state index contributed by atoms with van der Waals surface area (Å²) < 4.78 is 26.4. The van der Waals surface area contributed by atoms with Crippen LogP contribution in [-0.2, 0) is 4.74 Å². The Kier molecular flexibility index (Phi) is 9.32. The summed E-state index contributed by atoms with van der Waals surface area (Å²) in [5.74, 6) is 1.86. The molecule has 2 saturated heterocycles. The van der Waals surface area contributed by atoms with Gasteiger partial charge < -0.3 is 19.7 Å². The summed E-state index contributed by atoms with van der Waals surface area (Å²) in [6.07, 6.45) is 9.32. The molecule has 3 aromatic rings. The van der Waals surface area contributed by atoms with Crippen LogP contribution in [0.25, 0.3) is 11.1 Å². The third-order valence-electron chi connectivity index (χ3n) is 9.67. The second kappa shape index (κ2) is 13.2. The first-order valence-corrected chi connectivity index (χ1v) is 17.2. The number of carbonyl (C=O) groups excluding carboxylic acids is 1. The van der Waals surface area contributed by atoms with E-state index in [9.17, 15) is 9.18 Å². The molecule has 1 saturated carbocycles. The van der Waals surface area contributed by atoms with E-state index in [2.05, 4.69) is 68.0 Å². The number of anilines is 1. The van der Waals surface area contributed by atoms with Crippen LogP contribution in [0.2, 0.25) is 0 Å². The highest BCUT2D eigenvalue weighted by atomic mass is 19.1. The summed E-state index contributed by atoms with van der Waals surface area (Å²) in [7, 11) is 0. The average molecular weight is 661 g/mol. The van der Waals surface area contributed by atoms with Gasteiger partial charge in [0.2, 0.25) is 0 Å². The summed E-state index contributed by atoms with van der Waals surface area (Å²) >= 11 is 0. The van der Waals surface area contributed by atoms with Crippen LogP contribution in [0.3, 0.4) is 0 Å². The molecule has 2 aliphatic heterocycles. The maximum atomic E-state index is 14.6. The molecular formula is C36H49FN8O3. The van der Waals surface area contributed by atoms with Crippen molar-refractivity contribution < 1.29 is 18.7 Å². The summed E-state index contributed by atoms with van der Waals surface area (Å²) in [5, 5.41) is 11.4. The van der Waals surface area contributed by atoms with E-state index in [0.717, 1.165) is 69.5 Å². The van der Waals surface area contributed by atoms with Gasteiger partial charge >= 0.3 is 6.09 Å². The second-order valence-corrected chi connectivity index (χ2v) is 15.9. The van der Waals surface area contributed by atoms with Gasteiger partial charge in [0.05, 0.1) is 5.69 Å². The van der Waals surface area contributed by atoms with Gasteiger partial charge in [0.1, 0.15) is 29.8 Å². The lowest BCUT2D eigenvalue weighted by molar-refractivity contribution is -0.0357. The normalized spacial score (nSPS) is 18.6. The van der Waals surface area contributed by atoms with Crippen molar-refractivity contribution in [1.29, 1.82) is 0 Å². The molecule has 12 heteroatoms. The lowest BCUT2D eigenvalue weighted by atomic mass is 9.76. The highest BCUT2D eigenvalue weighted by molar-refractivity contribution is 5.73. The van der Waals surface area contributed by atoms with Crippen molar-refractivity contribution in [2.24, 2.45) is 11.3 Å². The van der Waals surface area contributed by atoms with Gasteiger partial charge in [0, 0.05) is 66.4 Å². The van der Waals surface area contributed by atoms with E-state index in [1.54, 1.807) is 18.6 Å². The number of nitrogens with zero attached hydrogens (tertiary/aromatic N) is 7. The molecule has 1 N–H and O–H groups in total. The Labute approximate surface area is 283 Å². The number of amides is 1. The van der Waals surface area contributed by atoms with E-state index < -0.39 is 5.60 Å². The number of ether oxygens (including phenoxy) is 2. The first-order chi connectivity index (χ1) is 22.7. The van der Waals surface area contributed by atoms with E-state index in [4.69, 9.17) is 9.47 Å². The lowest BCUT2D eigenvalue weighted by Gasteiger charge is -2.53. The number of halogens is 1. The van der Waals surface area contributed by atoms with Gasteiger partial charge in [-0.3, -0.25) is 4.90 Å². The van der Waals surface area contributed by atoms with Crippen molar-refractivity contribution in [3.05, 3.63) is 48.6 Å². The van der Waals surface area contributed by atoms with Crippen LogP contribution in [0, 0.1) is 17.2 Å². The fourth-order valence-corrected chi connectivity index (χ4v) is 7.19. The molecule has 6 rings (SSSR count). The zero-order valence-corrected chi connectivity index (χ0v) is 29.3. The van der Waals surface area contributed by atoms with Gasteiger partial charge in [-0.1, -0.05) is 13.8 Å². The van der Waals surface area contributed by atoms with Crippen molar-refractivity contribution in [2.45, 2.75) is 104 Å². The largest absolute Gasteiger partial charge is 0.444 e. The predicted octanol–water partition coefficient (Wildman–Crippen LogP) is 6.76. The van der Waals surface area contributed by atoms with Crippen molar-refractivity contribution in [2.75, 3.05) is 31.1 Å². The number of hydrogen-bond donors (Lipinski definition) is 1. The Bertz CT molecular complexity index is 1620. The number of carbonyl (C=O) groups is 1. The molecule has 1 atom stereocenters. The number of likely N-dealkylation sites (tertiary alicyclic amines) is 1. The molecule has 0 unspecified atom stereocenters. The summed E-state index contributed by atoms with van der Waals surface area (Å²) in [6.45, 7) is 18.0. The van der Waals surface area contributed by atoms with Gasteiger partial charge in [-0.25, -0.2) is 24.1 Å². The van der Waals surface area contributed by atoms with Crippen molar-refractivity contribution >= 4 is 11.9 Å². The molecule has 1 spiro atoms. The predicted molar refractivity (Wildman–Crippen MR) is 181 cm³/mol. The number of alkyl carbamates (subject to hydrolysis) is 1. The molecule has 0 bridgehead atoms. The minimum atomic E-state index is -0.530. The van der Waals surface area contributed by atoms with Gasteiger partial charge in [-0.05, 0) is 90.8 Å². The van der Waals surface area contributed by atoms with E-state index in [0.29, 0.717) is 40.9 Å². The highest BCUT2D eigenvalue weighted by Crippen LogP contribution is 2.47. The second-order valence-electron chi connectivity index (χ2n) is 15.9. The molecule has 4 heterocycles. The first kappa shape index (κ1) is 34.0. The fraction of sp³-hybridized carbons (Fsp3) is 0.611. The third-order valence-corrected chi connectivity index (χ3v) is 9.67. The van der Waals surface area contributed by atoms with E-state index >= 15 is 0 Å². The molecule has 11 nitrogen and oxygen atoms in total. The van der Waals surface area contributed by atoms with Crippen LogP contribution in [-0.4, -0.2) is 79.5 Å². The molecule has 1 amide bonds. The topological polar surface area (TPSA) is 118 Å². The standard InChI is InChI=1S/C36H49FN8O3/c1-23(2)28(12-13-35(6,7)42-33(46)48-34(3,4)5)45-19-36(20-45)14-15-44(18-36)31-32(43-41-22-40-31)47-29-11-10-25(37)16-26(29)27-17-38-21-39-30(27)24-8-9-24/h10-11,16-17,21-24,28H,8-9,12-15,18-20H2,1-7H3,(H,42,46)/t28-/m0/s1.